The second-order valence-corrected chi connectivity index (χ2v) is 6.62. The highest BCUT2D eigenvalue weighted by Gasteiger charge is 2.33. The molecule has 1 saturated carbocycles. The lowest BCUT2D eigenvalue weighted by atomic mass is 10.3. The van der Waals surface area contributed by atoms with Gasteiger partial charge in [0.2, 0.25) is 5.91 Å². The molecule has 8 heteroatoms. The normalized spacial score (nSPS) is 12.9. The highest BCUT2D eigenvalue weighted by molar-refractivity contribution is 5.81. The van der Waals surface area contributed by atoms with Crippen LogP contribution < -0.4 is 9.47 Å². The minimum atomic E-state index is -0.936. The third-order valence-electron chi connectivity index (χ3n) is 4.62. The largest absolute Gasteiger partial charge is 0.493 e. The Morgan fingerprint density at radius 3 is 2.32 bits per heavy atom. The number of nitrogens with zero attached hydrogens (tertiary/aromatic N) is 2. The van der Waals surface area contributed by atoms with E-state index in [9.17, 15) is 14.4 Å². The number of carbonyl (C=O) groups is 3. The molecule has 28 heavy (non-hydrogen) atoms. The highest BCUT2D eigenvalue weighted by Crippen LogP contribution is 2.28. The van der Waals surface area contributed by atoms with Crippen LogP contribution in [-0.2, 0) is 14.4 Å². The number of carboxylic acids is 1. The van der Waals surface area contributed by atoms with Crippen LogP contribution in [-0.4, -0.2) is 72.1 Å². The van der Waals surface area contributed by atoms with Gasteiger partial charge in [0.15, 0.2) is 18.1 Å². The predicted molar refractivity (Wildman–Crippen MR) is 102 cm³/mol. The van der Waals surface area contributed by atoms with Crippen LogP contribution in [0.3, 0.4) is 0 Å². The van der Waals surface area contributed by atoms with Gasteiger partial charge in [-0.2, -0.15) is 0 Å². The summed E-state index contributed by atoms with van der Waals surface area (Å²) in [4.78, 5) is 38.9. The van der Waals surface area contributed by atoms with Crippen molar-refractivity contribution in [2.45, 2.75) is 38.6 Å². The first-order valence-electron chi connectivity index (χ1n) is 9.51. The van der Waals surface area contributed by atoms with Gasteiger partial charge in [-0.25, -0.2) is 0 Å². The standard InChI is InChI=1S/C20H28N2O6/c1-3-21(12-11-20(25)26)18(23)10-13-22(15-8-9-15)19(24)14-28-17-7-5-4-6-16(17)27-2/h4-7,15H,3,8-14H2,1-2H3,(H,25,26). The van der Waals surface area contributed by atoms with Crippen LogP contribution >= 0.6 is 0 Å². The minimum absolute atomic E-state index is 0.0857. The van der Waals surface area contributed by atoms with E-state index in [1.165, 1.54) is 12.0 Å². The van der Waals surface area contributed by atoms with E-state index in [-0.39, 0.29) is 43.8 Å². The number of rotatable bonds is 12. The van der Waals surface area contributed by atoms with Crippen molar-refractivity contribution in [3.63, 3.8) is 0 Å². The van der Waals surface area contributed by atoms with Gasteiger partial charge in [-0.15, -0.1) is 0 Å². The SMILES string of the molecule is CCN(CCC(=O)O)C(=O)CCN(C(=O)COc1ccccc1OC)C1CC1. The molecule has 0 heterocycles. The second kappa shape index (κ2) is 10.5. The van der Waals surface area contributed by atoms with Crippen molar-refractivity contribution >= 4 is 17.8 Å². The summed E-state index contributed by atoms with van der Waals surface area (Å²) in [5, 5.41) is 8.79. The second-order valence-electron chi connectivity index (χ2n) is 6.62. The van der Waals surface area contributed by atoms with E-state index in [1.807, 2.05) is 13.0 Å². The summed E-state index contributed by atoms with van der Waals surface area (Å²) in [6.45, 7) is 2.62. The number of carboxylic acid groups (broad SMARTS) is 1. The molecular weight excluding hydrogens is 364 g/mol. The van der Waals surface area contributed by atoms with E-state index in [1.54, 1.807) is 23.1 Å². The summed E-state index contributed by atoms with van der Waals surface area (Å²) in [5.41, 5.74) is 0. The number of methoxy groups -OCH3 is 1. The number of amides is 2. The Kier molecular flexibility index (Phi) is 8.10. The third kappa shape index (κ3) is 6.44. The number of hydrogen-bond acceptors (Lipinski definition) is 5. The Morgan fingerprint density at radius 2 is 1.75 bits per heavy atom. The lowest BCUT2D eigenvalue weighted by Crippen LogP contribution is -2.40. The number of ether oxygens (including phenoxy) is 2. The summed E-state index contributed by atoms with van der Waals surface area (Å²) in [6, 6.07) is 7.26. The van der Waals surface area contributed by atoms with E-state index < -0.39 is 5.97 Å². The number of aliphatic carboxylic acids is 1. The monoisotopic (exact) mass is 392 g/mol. The zero-order valence-electron chi connectivity index (χ0n) is 16.4. The highest BCUT2D eigenvalue weighted by atomic mass is 16.5. The van der Waals surface area contributed by atoms with Crippen LogP contribution in [0.25, 0.3) is 0 Å². The number of benzene rings is 1. The molecule has 1 N–H and O–H groups in total. The Hall–Kier alpha value is -2.77. The molecule has 1 fully saturated rings. The fraction of sp³-hybridized carbons (Fsp3) is 0.550. The van der Waals surface area contributed by atoms with Crippen LogP contribution in [0.2, 0.25) is 0 Å². The van der Waals surface area contributed by atoms with Gasteiger partial charge in [-0.3, -0.25) is 14.4 Å². The molecule has 1 aliphatic rings. The van der Waals surface area contributed by atoms with E-state index in [0.29, 0.717) is 24.6 Å². The molecule has 0 unspecified atom stereocenters. The van der Waals surface area contributed by atoms with Crippen molar-refractivity contribution < 1.29 is 29.0 Å². The summed E-state index contributed by atoms with van der Waals surface area (Å²) in [6.07, 6.45) is 1.93. The molecule has 1 aromatic rings. The van der Waals surface area contributed by atoms with Gasteiger partial charge in [0.25, 0.3) is 5.91 Å². The van der Waals surface area contributed by atoms with Crippen molar-refractivity contribution in [3.8, 4) is 11.5 Å². The van der Waals surface area contributed by atoms with Gasteiger partial charge >= 0.3 is 5.97 Å². The van der Waals surface area contributed by atoms with Gasteiger partial charge in [-0.05, 0) is 31.9 Å². The minimum Gasteiger partial charge on any atom is -0.493 e. The maximum atomic E-state index is 12.6. The van der Waals surface area contributed by atoms with Crippen LogP contribution in [0.4, 0.5) is 0 Å². The van der Waals surface area contributed by atoms with E-state index in [0.717, 1.165) is 12.8 Å². The predicted octanol–water partition coefficient (Wildman–Crippen LogP) is 1.78. The van der Waals surface area contributed by atoms with Crippen LogP contribution in [0, 0.1) is 0 Å². The maximum absolute atomic E-state index is 12.6. The molecule has 0 atom stereocenters. The first-order chi connectivity index (χ1) is 13.5. The average Bonchev–Trinajstić information content (AvgIpc) is 3.52. The van der Waals surface area contributed by atoms with Crippen molar-refractivity contribution in [2.75, 3.05) is 33.4 Å². The fourth-order valence-electron chi connectivity index (χ4n) is 2.92. The molecule has 0 aromatic heterocycles. The Labute approximate surface area is 165 Å². The summed E-state index contributed by atoms with van der Waals surface area (Å²) < 4.78 is 10.8. The number of hydrogen-bond donors (Lipinski definition) is 1. The number of carbonyl (C=O) groups excluding carboxylic acids is 2. The lowest BCUT2D eigenvalue weighted by molar-refractivity contribution is -0.138. The third-order valence-corrected chi connectivity index (χ3v) is 4.62. The zero-order chi connectivity index (χ0) is 20.5. The van der Waals surface area contributed by atoms with Gasteiger partial charge in [-0.1, -0.05) is 12.1 Å². The van der Waals surface area contributed by atoms with Crippen LogP contribution in [0.1, 0.15) is 32.6 Å². The first kappa shape index (κ1) is 21.5. The molecule has 0 aliphatic heterocycles. The Balaban J connectivity index is 1.87. The molecule has 0 saturated heterocycles. The Morgan fingerprint density at radius 1 is 1.07 bits per heavy atom. The summed E-state index contributed by atoms with van der Waals surface area (Å²) >= 11 is 0. The molecule has 8 nitrogen and oxygen atoms in total. The topological polar surface area (TPSA) is 96.4 Å². The molecule has 0 spiro atoms. The first-order valence-corrected chi connectivity index (χ1v) is 9.51. The Bertz CT molecular complexity index is 689. The fourth-order valence-corrected chi connectivity index (χ4v) is 2.92. The molecular formula is C20H28N2O6. The molecule has 2 rings (SSSR count). The molecule has 1 aliphatic carbocycles. The molecule has 0 radical (unpaired) electrons. The molecule has 154 valence electrons. The summed E-state index contributed by atoms with van der Waals surface area (Å²) in [5.74, 6) is -0.200. The van der Waals surface area contributed by atoms with E-state index in [2.05, 4.69) is 0 Å². The maximum Gasteiger partial charge on any atom is 0.305 e. The van der Waals surface area contributed by atoms with Crippen molar-refractivity contribution in [2.24, 2.45) is 0 Å². The van der Waals surface area contributed by atoms with Crippen molar-refractivity contribution in [3.05, 3.63) is 24.3 Å². The quantitative estimate of drug-likeness (QED) is 0.582. The average molecular weight is 392 g/mol. The van der Waals surface area contributed by atoms with Crippen LogP contribution in [0.15, 0.2) is 24.3 Å². The van der Waals surface area contributed by atoms with Gasteiger partial charge in [0.05, 0.1) is 13.5 Å². The smallest absolute Gasteiger partial charge is 0.305 e. The van der Waals surface area contributed by atoms with Gasteiger partial charge < -0.3 is 24.4 Å². The van der Waals surface area contributed by atoms with Crippen molar-refractivity contribution in [1.29, 1.82) is 0 Å². The zero-order valence-corrected chi connectivity index (χ0v) is 16.4. The molecule has 1 aromatic carbocycles. The molecule has 2 amide bonds. The number of para-hydroxylation sites is 2. The summed E-state index contributed by atoms with van der Waals surface area (Å²) in [7, 11) is 1.54. The van der Waals surface area contributed by atoms with E-state index in [4.69, 9.17) is 14.6 Å². The van der Waals surface area contributed by atoms with Gasteiger partial charge in [0, 0.05) is 32.1 Å². The van der Waals surface area contributed by atoms with Gasteiger partial charge in [0.1, 0.15) is 0 Å². The lowest BCUT2D eigenvalue weighted by Gasteiger charge is -2.25. The van der Waals surface area contributed by atoms with Crippen molar-refractivity contribution in [1.82, 2.24) is 9.80 Å². The van der Waals surface area contributed by atoms with E-state index >= 15 is 0 Å². The molecule has 0 bridgehead atoms. The van der Waals surface area contributed by atoms with Crippen LogP contribution in [0.5, 0.6) is 11.5 Å².